The second kappa shape index (κ2) is 6.23. The van der Waals surface area contributed by atoms with E-state index in [2.05, 4.69) is 30.9 Å². The van der Waals surface area contributed by atoms with Gasteiger partial charge < -0.3 is 14.8 Å². The van der Waals surface area contributed by atoms with Crippen LogP contribution in [0.4, 0.5) is 0 Å². The lowest BCUT2D eigenvalue weighted by Gasteiger charge is -2.42. The zero-order valence-corrected chi connectivity index (χ0v) is 16.1. The zero-order chi connectivity index (χ0) is 19.4. The van der Waals surface area contributed by atoms with Crippen LogP contribution in [0.2, 0.25) is 0 Å². The summed E-state index contributed by atoms with van der Waals surface area (Å²) in [5.41, 5.74) is 2.05. The number of nitrogens with zero attached hydrogens (tertiary/aromatic N) is 4. The van der Waals surface area contributed by atoms with Gasteiger partial charge in [-0.3, -0.25) is 19.4 Å². The summed E-state index contributed by atoms with van der Waals surface area (Å²) in [4.78, 5) is 53.1. The van der Waals surface area contributed by atoms with Gasteiger partial charge in [0.1, 0.15) is 10.3 Å². The minimum absolute atomic E-state index is 0.190. The van der Waals surface area contributed by atoms with Crippen molar-refractivity contribution in [3.8, 4) is 0 Å². The molecular formula is C19H14BrN5O3. The van der Waals surface area contributed by atoms with E-state index in [9.17, 15) is 14.4 Å². The molecule has 0 bridgehead atoms. The van der Waals surface area contributed by atoms with Crippen LogP contribution in [0.15, 0.2) is 41.3 Å². The molecule has 3 aromatic rings. The predicted molar refractivity (Wildman–Crippen MR) is 103 cm³/mol. The number of aromatic amines is 1. The van der Waals surface area contributed by atoms with E-state index in [1.54, 1.807) is 46.5 Å². The van der Waals surface area contributed by atoms with Crippen molar-refractivity contribution in [2.75, 3.05) is 19.6 Å². The maximum atomic E-state index is 12.8. The Morgan fingerprint density at radius 2 is 2.00 bits per heavy atom. The van der Waals surface area contributed by atoms with E-state index in [1.807, 2.05) is 0 Å². The normalized spacial score (nSPS) is 19.0. The van der Waals surface area contributed by atoms with Gasteiger partial charge in [-0.05, 0) is 34.1 Å². The molecule has 2 aliphatic heterocycles. The maximum Gasteiger partial charge on any atom is 0.295 e. The molecule has 0 unspecified atom stereocenters. The number of aromatic nitrogens is 3. The molecule has 8 nitrogen and oxygen atoms in total. The highest BCUT2D eigenvalue weighted by Crippen LogP contribution is 2.38. The number of carbonyl (C=O) groups excluding carboxylic acids is 3. The molecule has 0 aromatic carbocycles. The molecule has 0 spiro atoms. The van der Waals surface area contributed by atoms with E-state index < -0.39 is 17.7 Å². The molecule has 1 N–H and O–H groups in total. The molecule has 28 heavy (non-hydrogen) atoms. The van der Waals surface area contributed by atoms with Crippen molar-refractivity contribution in [1.82, 2.24) is 24.8 Å². The van der Waals surface area contributed by atoms with Crippen LogP contribution >= 0.6 is 15.9 Å². The minimum Gasteiger partial charge on any atom is -0.354 e. The topological polar surface area (TPSA) is 99.3 Å². The summed E-state index contributed by atoms with van der Waals surface area (Å²) in [6.07, 6.45) is 3.16. The van der Waals surface area contributed by atoms with Crippen molar-refractivity contribution >= 4 is 44.4 Å². The number of amides is 2. The summed E-state index contributed by atoms with van der Waals surface area (Å²) in [5, 5.41) is 0.656. The van der Waals surface area contributed by atoms with E-state index in [0.717, 1.165) is 0 Å². The lowest BCUT2D eigenvalue weighted by molar-refractivity contribution is -0.131. The van der Waals surface area contributed by atoms with Crippen molar-refractivity contribution < 1.29 is 14.4 Å². The first kappa shape index (κ1) is 17.1. The SMILES string of the molecule is O=C1C(=O)N2CCN(C(=O)c3ccccn3)C[C@@H]2c2[nH]c3c(Br)nccc3c21. The number of H-pyrrole nitrogens is 1. The first-order chi connectivity index (χ1) is 13.6. The second-order valence-electron chi connectivity index (χ2n) is 6.75. The van der Waals surface area contributed by atoms with Crippen LogP contribution in [0.3, 0.4) is 0 Å². The summed E-state index contributed by atoms with van der Waals surface area (Å²) >= 11 is 3.39. The van der Waals surface area contributed by atoms with Gasteiger partial charge in [0.15, 0.2) is 0 Å². The van der Waals surface area contributed by atoms with Gasteiger partial charge in [0, 0.05) is 37.4 Å². The molecule has 9 heteroatoms. The van der Waals surface area contributed by atoms with Crippen LogP contribution in [-0.2, 0) is 4.79 Å². The summed E-state index contributed by atoms with van der Waals surface area (Å²) in [5.74, 6) is -1.25. The number of fused-ring (bicyclic) bond motifs is 5. The molecule has 1 atom stereocenters. The quantitative estimate of drug-likeness (QED) is 0.461. The highest BCUT2D eigenvalue weighted by atomic mass is 79.9. The van der Waals surface area contributed by atoms with Crippen LogP contribution in [0.1, 0.15) is 32.6 Å². The van der Waals surface area contributed by atoms with Gasteiger partial charge in [-0.25, -0.2) is 4.98 Å². The Labute approximate surface area is 167 Å². The Bertz CT molecular complexity index is 1140. The van der Waals surface area contributed by atoms with Crippen molar-refractivity contribution in [1.29, 1.82) is 0 Å². The monoisotopic (exact) mass is 439 g/mol. The number of piperazine rings is 1. The molecule has 2 aliphatic rings. The minimum atomic E-state index is -0.531. The lowest BCUT2D eigenvalue weighted by Crippen LogP contribution is -2.56. The number of ketones is 1. The number of hydrogen-bond acceptors (Lipinski definition) is 5. The van der Waals surface area contributed by atoms with E-state index in [0.29, 0.717) is 52.1 Å². The molecule has 5 rings (SSSR count). The third-order valence-electron chi connectivity index (χ3n) is 5.27. The fourth-order valence-electron chi connectivity index (χ4n) is 3.95. The fraction of sp³-hybridized carbons (Fsp3) is 0.211. The highest BCUT2D eigenvalue weighted by molar-refractivity contribution is 9.10. The molecule has 5 heterocycles. The number of carbonyl (C=O) groups is 3. The number of Topliss-reactive ketones (excluding diaryl/α,β-unsaturated/α-hetero) is 1. The Kier molecular flexibility index (Phi) is 3.80. The summed E-state index contributed by atoms with van der Waals surface area (Å²) < 4.78 is 0.573. The summed E-state index contributed by atoms with van der Waals surface area (Å²) in [6, 6.07) is 6.49. The number of hydrogen-bond donors (Lipinski definition) is 1. The van der Waals surface area contributed by atoms with E-state index in [-0.39, 0.29) is 5.91 Å². The molecular weight excluding hydrogens is 426 g/mol. The van der Waals surface area contributed by atoms with E-state index in [1.165, 1.54) is 0 Å². The van der Waals surface area contributed by atoms with Gasteiger partial charge in [-0.1, -0.05) is 6.07 Å². The molecule has 1 fully saturated rings. The maximum absolute atomic E-state index is 12.8. The van der Waals surface area contributed by atoms with Crippen molar-refractivity contribution in [3.05, 3.63) is 58.2 Å². The first-order valence-corrected chi connectivity index (χ1v) is 9.57. The smallest absolute Gasteiger partial charge is 0.295 e. The Morgan fingerprint density at radius 1 is 1.14 bits per heavy atom. The molecule has 3 aromatic heterocycles. The van der Waals surface area contributed by atoms with Crippen LogP contribution in [0.25, 0.3) is 10.9 Å². The van der Waals surface area contributed by atoms with Gasteiger partial charge >= 0.3 is 0 Å². The van der Waals surface area contributed by atoms with Crippen molar-refractivity contribution in [3.63, 3.8) is 0 Å². The van der Waals surface area contributed by atoms with Gasteiger partial charge in [0.05, 0.1) is 22.8 Å². The van der Waals surface area contributed by atoms with Crippen LogP contribution in [-0.4, -0.2) is 62.0 Å². The first-order valence-electron chi connectivity index (χ1n) is 8.78. The van der Waals surface area contributed by atoms with Crippen LogP contribution < -0.4 is 0 Å². The summed E-state index contributed by atoms with van der Waals surface area (Å²) in [7, 11) is 0. The Morgan fingerprint density at radius 3 is 2.79 bits per heavy atom. The molecule has 0 radical (unpaired) electrons. The highest BCUT2D eigenvalue weighted by Gasteiger charge is 2.44. The van der Waals surface area contributed by atoms with Crippen LogP contribution in [0.5, 0.6) is 0 Å². The van der Waals surface area contributed by atoms with E-state index in [4.69, 9.17) is 0 Å². The Hall–Kier alpha value is -3.07. The standard InChI is InChI=1S/C19H14BrN5O3/c20-17-14-10(4-6-22-17)13-15(23-14)12-9-24(7-8-25(12)19(28)16(13)26)18(27)11-3-1-2-5-21-11/h1-6,12,23H,7-9H2/t12-/m1/s1. The molecule has 0 aliphatic carbocycles. The molecule has 1 saturated heterocycles. The zero-order valence-electron chi connectivity index (χ0n) is 14.6. The van der Waals surface area contributed by atoms with Gasteiger partial charge in [0.2, 0.25) is 0 Å². The van der Waals surface area contributed by atoms with Crippen LogP contribution in [0, 0.1) is 0 Å². The fourth-order valence-corrected chi connectivity index (χ4v) is 4.38. The third kappa shape index (κ3) is 2.39. The number of pyridine rings is 2. The van der Waals surface area contributed by atoms with E-state index >= 15 is 0 Å². The van der Waals surface area contributed by atoms with Crippen molar-refractivity contribution in [2.24, 2.45) is 0 Å². The molecule has 2 amide bonds. The lowest BCUT2D eigenvalue weighted by atomic mass is 9.94. The molecule has 140 valence electrons. The van der Waals surface area contributed by atoms with Gasteiger partial charge in [0.25, 0.3) is 17.6 Å². The Balaban J connectivity index is 1.58. The third-order valence-corrected chi connectivity index (χ3v) is 5.87. The largest absolute Gasteiger partial charge is 0.354 e. The average molecular weight is 440 g/mol. The van der Waals surface area contributed by atoms with Crippen molar-refractivity contribution in [2.45, 2.75) is 6.04 Å². The number of rotatable bonds is 1. The average Bonchev–Trinajstić information content (AvgIpc) is 3.13. The summed E-state index contributed by atoms with van der Waals surface area (Å²) in [6.45, 7) is 0.938. The molecule has 0 saturated carbocycles. The second-order valence-corrected chi connectivity index (χ2v) is 7.50. The number of halogens is 1. The van der Waals surface area contributed by atoms with Gasteiger partial charge in [-0.2, -0.15) is 0 Å². The van der Waals surface area contributed by atoms with Gasteiger partial charge in [-0.15, -0.1) is 0 Å². The number of nitrogens with one attached hydrogen (secondary N) is 1. The predicted octanol–water partition coefficient (Wildman–Crippen LogP) is 1.94.